The first-order valence-electron chi connectivity index (χ1n) is 8.61. The molecule has 0 aliphatic carbocycles. The van der Waals surface area contributed by atoms with Crippen molar-refractivity contribution >= 4 is 34.0 Å². The smallest absolute Gasteiger partial charge is 0.255 e. The van der Waals surface area contributed by atoms with Crippen molar-refractivity contribution in [2.24, 2.45) is 5.92 Å². The van der Waals surface area contributed by atoms with Crippen LogP contribution in [0.5, 0.6) is 0 Å². The van der Waals surface area contributed by atoms with Gasteiger partial charge in [0.05, 0.1) is 16.6 Å². The van der Waals surface area contributed by atoms with Gasteiger partial charge >= 0.3 is 0 Å². The zero-order chi connectivity index (χ0) is 19.0. The Balaban J connectivity index is 1.60. The first-order valence-corrected chi connectivity index (χ1v) is 8.99. The largest absolute Gasteiger partial charge is 0.329 e. The van der Waals surface area contributed by atoms with E-state index in [0.717, 1.165) is 5.56 Å². The van der Waals surface area contributed by atoms with Crippen molar-refractivity contribution in [3.63, 3.8) is 0 Å². The molecule has 27 heavy (non-hydrogen) atoms. The van der Waals surface area contributed by atoms with E-state index in [4.69, 9.17) is 11.6 Å². The molecular formula is C20H17ClFN3O2. The first-order chi connectivity index (χ1) is 13.0. The van der Waals surface area contributed by atoms with E-state index in [-0.39, 0.29) is 29.1 Å². The van der Waals surface area contributed by atoms with Crippen LogP contribution in [-0.4, -0.2) is 24.0 Å². The van der Waals surface area contributed by atoms with Gasteiger partial charge in [-0.15, -0.1) is 0 Å². The van der Waals surface area contributed by atoms with E-state index in [0.29, 0.717) is 34.6 Å². The Morgan fingerprint density at radius 3 is 2.70 bits per heavy atom. The molecule has 5 nitrogen and oxygen atoms in total. The Labute approximate surface area is 159 Å². The second-order valence-electron chi connectivity index (χ2n) is 6.64. The van der Waals surface area contributed by atoms with Gasteiger partial charge in [-0.05, 0) is 41.3 Å². The Morgan fingerprint density at radius 1 is 1.15 bits per heavy atom. The van der Waals surface area contributed by atoms with Gasteiger partial charge in [0.2, 0.25) is 5.91 Å². The van der Waals surface area contributed by atoms with Crippen LogP contribution in [0.15, 0.2) is 53.5 Å². The van der Waals surface area contributed by atoms with Gasteiger partial charge in [-0.25, -0.2) is 4.39 Å². The number of anilines is 1. The molecule has 2 aromatic carbocycles. The Bertz CT molecular complexity index is 1070. The maximum absolute atomic E-state index is 13.2. The van der Waals surface area contributed by atoms with Crippen LogP contribution in [0.1, 0.15) is 11.5 Å². The van der Waals surface area contributed by atoms with E-state index in [1.54, 1.807) is 36.5 Å². The van der Waals surface area contributed by atoms with Gasteiger partial charge in [0.1, 0.15) is 5.82 Å². The molecule has 0 bridgehead atoms. The normalized spacial score (nSPS) is 19.3. The fourth-order valence-electron chi connectivity index (χ4n) is 3.55. The van der Waals surface area contributed by atoms with Gasteiger partial charge in [-0.1, -0.05) is 23.7 Å². The molecule has 3 N–H and O–H groups in total. The van der Waals surface area contributed by atoms with Crippen molar-refractivity contribution in [3.05, 3.63) is 75.4 Å². The van der Waals surface area contributed by atoms with Crippen molar-refractivity contribution in [1.29, 1.82) is 0 Å². The maximum Gasteiger partial charge on any atom is 0.255 e. The summed E-state index contributed by atoms with van der Waals surface area (Å²) in [7, 11) is 0. The lowest BCUT2D eigenvalue weighted by atomic mass is 9.88. The summed E-state index contributed by atoms with van der Waals surface area (Å²) in [6, 6.07) is 11.2. The van der Waals surface area contributed by atoms with Crippen LogP contribution in [0.2, 0.25) is 5.02 Å². The highest BCUT2D eigenvalue weighted by atomic mass is 35.5. The van der Waals surface area contributed by atoms with Crippen molar-refractivity contribution in [2.75, 3.05) is 18.4 Å². The molecule has 1 aromatic heterocycles. The minimum Gasteiger partial charge on any atom is -0.329 e. The molecule has 0 saturated carbocycles. The van der Waals surface area contributed by atoms with E-state index in [2.05, 4.69) is 15.6 Å². The third-order valence-corrected chi connectivity index (χ3v) is 5.28. The first kappa shape index (κ1) is 17.7. The lowest BCUT2D eigenvalue weighted by molar-refractivity contribution is -0.119. The number of fused-ring (bicyclic) bond motifs is 1. The molecule has 1 saturated heterocycles. The Hall–Kier alpha value is -2.70. The highest BCUT2D eigenvalue weighted by Gasteiger charge is 2.34. The number of nitrogens with one attached hydrogen (secondary N) is 3. The number of carbonyl (C=O) groups is 1. The van der Waals surface area contributed by atoms with Gasteiger partial charge in [0, 0.05) is 30.6 Å². The number of amides is 1. The molecule has 4 rings (SSSR count). The molecule has 0 radical (unpaired) electrons. The number of hydrogen-bond donors (Lipinski definition) is 3. The summed E-state index contributed by atoms with van der Waals surface area (Å²) in [5.74, 6) is -0.821. The van der Waals surface area contributed by atoms with Crippen molar-refractivity contribution in [2.45, 2.75) is 5.92 Å². The van der Waals surface area contributed by atoms with Gasteiger partial charge in [-0.2, -0.15) is 0 Å². The van der Waals surface area contributed by atoms with E-state index in [1.807, 2.05) is 0 Å². The van der Waals surface area contributed by atoms with Crippen LogP contribution in [0.25, 0.3) is 10.8 Å². The standard InChI is InChI=1S/C20H17ClFN3O2/c21-17-8-14-12(5-6-24-19(14)26)7-18(17)25-20(27)16-10-23-9-15(16)11-1-3-13(22)4-2-11/h1-8,15-16,23H,9-10H2,(H,24,26)(H,25,27)/t15-,16+/m1/s1. The second-order valence-corrected chi connectivity index (χ2v) is 7.05. The highest BCUT2D eigenvalue weighted by molar-refractivity contribution is 6.34. The fraction of sp³-hybridized carbons (Fsp3) is 0.200. The summed E-state index contributed by atoms with van der Waals surface area (Å²) in [6.07, 6.45) is 1.55. The Kier molecular flexibility index (Phi) is 4.68. The van der Waals surface area contributed by atoms with E-state index < -0.39 is 0 Å². The average Bonchev–Trinajstić information content (AvgIpc) is 3.14. The number of pyridine rings is 1. The molecule has 7 heteroatoms. The Morgan fingerprint density at radius 2 is 1.93 bits per heavy atom. The van der Waals surface area contributed by atoms with Crippen LogP contribution < -0.4 is 16.2 Å². The quantitative estimate of drug-likeness (QED) is 0.648. The fourth-order valence-corrected chi connectivity index (χ4v) is 3.76. The summed E-state index contributed by atoms with van der Waals surface area (Å²) in [5, 5.41) is 7.56. The molecule has 1 aliphatic rings. The zero-order valence-electron chi connectivity index (χ0n) is 14.3. The molecule has 0 spiro atoms. The molecular weight excluding hydrogens is 369 g/mol. The van der Waals surface area contributed by atoms with E-state index >= 15 is 0 Å². The third kappa shape index (κ3) is 3.46. The maximum atomic E-state index is 13.2. The van der Waals surface area contributed by atoms with Crippen LogP contribution in [0, 0.1) is 11.7 Å². The lowest BCUT2D eigenvalue weighted by Crippen LogP contribution is -2.28. The van der Waals surface area contributed by atoms with Crippen LogP contribution in [0.4, 0.5) is 10.1 Å². The number of benzene rings is 2. The number of rotatable bonds is 3. The van der Waals surface area contributed by atoms with Crippen LogP contribution in [0.3, 0.4) is 0 Å². The van der Waals surface area contributed by atoms with E-state index in [1.165, 1.54) is 12.1 Å². The SMILES string of the molecule is O=C(Nc1cc2cc[nH]c(=O)c2cc1Cl)[C@H]1CNC[C@@H]1c1ccc(F)cc1. The van der Waals surface area contributed by atoms with E-state index in [9.17, 15) is 14.0 Å². The number of hydrogen-bond acceptors (Lipinski definition) is 3. The summed E-state index contributed by atoms with van der Waals surface area (Å²) >= 11 is 6.27. The number of aromatic amines is 1. The zero-order valence-corrected chi connectivity index (χ0v) is 15.0. The number of H-pyrrole nitrogens is 1. The van der Waals surface area contributed by atoms with Gasteiger partial charge in [0.15, 0.2) is 0 Å². The number of aromatic nitrogens is 1. The minimum absolute atomic E-state index is 0.0484. The number of halogens is 2. The van der Waals surface area contributed by atoms with Crippen LogP contribution in [-0.2, 0) is 4.79 Å². The molecule has 1 fully saturated rings. The molecule has 2 atom stereocenters. The monoisotopic (exact) mass is 385 g/mol. The molecule has 1 aliphatic heterocycles. The van der Waals surface area contributed by atoms with Gasteiger partial charge in [0.25, 0.3) is 5.56 Å². The summed E-state index contributed by atoms with van der Waals surface area (Å²) < 4.78 is 13.2. The van der Waals surface area contributed by atoms with Gasteiger partial charge in [-0.3, -0.25) is 9.59 Å². The van der Waals surface area contributed by atoms with Crippen molar-refractivity contribution < 1.29 is 9.18 Å². The average molecular weight is 386 g/mol. The topological polar surface area (TPSA) is 74.0 Å². The molecule has 3 aromatic rings. The predicted molar refractivity (Wildman–Crippen MR) is 104 cm³/mol. The van der Waals surface area contributed by atoms with Crippen LogP contribution >= 0.6 is 11.6 Å². The van der Waals surface area contributed by atoms with Gasteiger partial charge < -0.3 is 15.6 Å². The molecule has 2 heterocycles. The van der Waals surface area contributed by atoms with Crippen molar-refractivity contribution in [3.8, 4) is 0 Å². The minimum atomic E-state index is -0.304. The lowest BCUT2D eigenvalue weighted by Gasteiger charge is -2.19. The molecule has 1 amide bonds. The summed E-state index contributed by atoms with van der Waals surface area (Å²) in [5.41, 5.74) is 1.14. The van der Waals surface area contributed by atoms with Crippen molar-refractivity contribution in [1.82, 2.24) is 10.3 Å². The second kappa shape index (κ2) is 7.13. The highest BCUT2D eigenvalue weighted by Crippen LogP contribution is 2.31. The number of carbonyl (C=O) groups excluding carboxylic acids is 1. The predicted octanol–water partition coefficient (Wildman–Crippen LogP) is 3.26. The third-order valence-electron chi connectivity index (χ3n) is 4.97. The molecule has 138 valence electrons. The molecule has 0 unspecified atom stereocenters. The summed E-state index contributed by atoms with van der Waals surface area (Å²) in [6.45, 7) is 1.17. The summed E-state index contributed by atoms with van der Waals surface area (Å²) in [4.78, 5) is 27.3.